The summed E-state index contributed by atoms with van der Waals surface area (Å²) in [5.74, 6) is 6.34. The lowest BCUT2D eigenvalue weighted by Gasteiger charge is -2.38. The number of hydrogen-bond donors (Lipinski definition) is 2. The first-order valence-electron chi connectivity index (χ1n) is 5.85. The SMILES string of the molecule is CCN=C(NN)N1CCN2CCCC2C1. The van der Waals surface area contributed by atoms with Crippen molar-refractivity contribution in [3.63, 3.8) is 0 Å². The van der Waals surface area contributed by atoms with Crippen molar-refractivity contribution < 1.29 is 0 Å². The van der Waals surface area contributed by atoms with Gasteiger partial charge in [-0.2, -0.15) is 0 Å². The largest absolute Gasteiger partial charge is 0.339 e. The molecule has 5 heteroatoms. The molecule has 1 unspecified atom stereocenters. The average molecular weight is 211 g/mol. The van der Waals surface area contributed by atoms with Crippen molar-refractivity contribution in [1.29, 1.82) is 0 Å². The van der Waals surface area contributed by atoms with Crippen LogP contribution in [0.1, 0.15) is 19.8 Å². The Bertz CT molecular complexity index is 240. The monoisotopic (exact) mass is 211 g/mol. The molecule has 0 aliphatic carbocycles. The van der Waals surface area contributed by atoms with Gasteiger partial charge in [0.15, 0.2) is 0 Å². The Hall–Kier alpha value is -0.810. The van der Waals surface area contributed by atoms with E-state index in [-0.39, 0.29) is 0 Å². The first kappa shape index (κ1) is 10.7. The molecule has 2 rings (SSSR count). The molecule has 0 aromatic carbocycles. The van der Waals surface area contributed by atoms with Crippen LogP contribution >= 0.6 is 0 Å². The van der Waals surface area contributed by atoms with Gasteiger partial charge in [0.05, 0.1) is 0 Å². The van der Waals surface area contributed by atoms with Crippen molar-refractivity contribution in [3.05, 3.63) is 0 Å². The van der Waals surface area contributed by atoms with Gasteiger partial charge < -0.3 is 4.90 Å². The third kappa shape index (κ3) is 2.23. The van der Waals surface area contributed by atoms with E-state index in [4.69, 9.17) is 5.84 Å². The number of fused-ring (bicyclic) bond motifs is 1. The number of piperazine rings is 1. The van der Waals surface area contributed by atoms with Crippen molar-refractivity contribution in [1.82, 2.24) is 15.2 Å². The van der Waals surface area contributed by atoms with Crippen LogP contribution in [0.5, 0.6) is 0 Å². The zero-order valence-corrected chi connectivity index (χ0v) is 9.45. The fourth-order valence-electron chi connectivity index (χ4n) is 2.57. The van der Waals surface area contributed by atoms with E-state index in [0.29, 0.717) is 6.04 Å². The van der Waals surface area contributed by atoms with E-state index >= 15 is 0 Å². The van der Waals surface area contributed by atoms with Crippen LogP contribution < -0.4 is 11.3 Å². The van der Waals surface area contributed by atoms with Crippen molar-refractivity contribution >= 4 is 5.96 Å². The number of rotatable bonds is 1. The third-order valence-electron chi connectivity index (χ3n) is 3.32. The van der Waals surface area contributed by atoms with Crippen LogP contribution in [-0.2, 0) is 0 Å². The molecule has 15 heavy (non-hydrogen) atoms. The smallest absolute Gasteiger partial charge is 0.208 e. The number of hydrogen-bond acceptors (Lipinski definition) is 3. The fraction of sp³-hybridized carbons (Fsp3) is 0.900. The van der Waals surface area contributed by atoms with Gasteiger partial charge in [-0.15, -0.1) is 0 Å². The Labute approximate surface area is 91.3 Å². The van der Waals surface area contributed by atoms with E-state index in [0.717, 1.165) is 32.1 Å². The van der Waals surface area contributed by atoms with E-state index in [2.05, 4.69) is 20.2 Å². The summed E-state index contributed by atoms with van der Waals surface area (Å²) in [6, 6.07) is 0.717. The lowest BCUT2D eigenvalue weighted by Crippen LogP contribution is -2.56. The van der Waals surface area contributed by atoms with Gasteiger partial charge in [-0.3, -0.25) is 15.3 Å². The van der Waals surface area contributed by atoms with Crippen molar-refractivity contribution in [2.24, 2.45) is 10.8 Å². The number of hydrazine groups is 1. The Kier molecular flexibility index (Phi) is 3.43. The number of nitrogens with zero attached hydrogens (tertiary/aromatic N) is 3. The molecule has 2 heterocycles. The molecule has 86 valence electrons. The van der Waals surface area contributed by atoms with Gasteiger partial charge in [0, 0.05) is 32.2 Å². The summed E-state index contributed by atoms with van der Waals surface area (Å²) in [5, 5.41) is 0. The summed E-state index contributed by atoms with van der Waals surface area (Å²) < 4.78 is 0. The van der Waals surface area contributed by atoms with E-state index in [1.165, 1.54) is 19.4 Å². The minimum Gasteiger partial charge on any atom is -0.339 e. The lowest BCUT2D eigenvalue weighted by molar-refractivity contribution is 0.149. The van der Waals surface area contributed by atoms with Crippen LogP contribution in [0.15, 0.2) is 4.99 Å². The Morgan fingerprint density at radius 1 is 1.47 bits per heavy atom. The molecule has 5 nitrogen and oxygen atoms in total. The summed E-state index contributed by atoms with van der Waals surface area (Å²) in [6.45, 7) is 7.35. The number of nitrogens with two attached hydrogens (primary N) is 1. The maximum Gasteiger partial charge on any atom is 0.208 e. The molecular formula is C10H21N5. The van der Waals surface area contributed by atoms with Crippen LogP contribution in [0.2, 0.25) is 0 Å². The minimum atomic E-state index is 0.717. The first-order chi connectivity index (χ1) is 7.35. The minimum absolute atomic E-state index is 0.717. The van der Waals surface area contributed by atoms with Crippen LogP contribution in [0.25, 0.3) is 0 Å². The van der Waals surface area contributed by atoms with Gasteiger partial charge in [-0.1, -0.05) is 0 Å². The Balaban J connectivity index is 1.96. The molecule has 0 aromatic rings. The van der Waals surface area contributed by atoms with E-state index in [1.807, 2.05) is 6.92 Å². The third-order valence-corrected chi connectivity index (χ3v) is 3.32. The summed E-state index contributed by atoms with van der Waals surface area (Å²) >= 11 is 0. The van der Waals surface area contributed by atoms with Crippen LogP contribution in [-0.4, -0.2) is 54.5 Å². The Morgan fingerprint density at radius 2 is 2.33 bits per heavy atom. The van der Waals surface area contributed by atoms with Crippen molar-refractivity contribution in [3.8, 4) is 0 Å². The topological polar surface area (TPSA) is 56.9 Å². The molecule has 0 amide bonds. The zero-order valence-electron chi connectivity index (χ0n) is 9.45. The highest BCUT2D eigenvalue weighted by Gasteiger charge is 2.31. The maximum atomic E-state index is 5.49. The van der Waals surface area contributed by atoms with Crippen molar-refractivity contribution in [2.45, 2.75) is 25.8 Å². The van der Waals surface area contributed by atoms with Crippen LogP contribution in [0.4, 0.5) is 0 Å². The van der Waals surface area contributed by atoms with Gasteiger partial charge in [0.1, 0.15) is 0 Å². The molecule has 2 saturated heterocycles. The lowest BCUT2D eigenvalue weighted by atomic mass is 10.2. The van der Waals surface area contributed by atoms with Gasteiger partial charge in [-0.25, -0.2) is 5.84 Å². The number of guanidine groups is 1. The predicted molar refractivity (Wildman–Crippen MR) is 61.5 cm³/mol. The molecule has 2 aliphatic rings. The molecule has 0 radical (unpaired) electrons. The highest BCUT2D eigenvalue weighted by atomic mass is 15.4. The van der Waals surface area contributed by atoms with E-state index in [9.17, 15) is 0 Å². The molecule has 2 aliphatic heterocycles. The maximum absolute atomic E-state index is 5.49. The first-order valence-corrected chi connectivity index (χ1v) is 5.85. The van der Waals surface area contributed by atoms with Gasteiger partial charge >= 0.3 is 0 Å². The normalized spacial score (nSPS) is 28.0. The highest BCUT2D eigenvalue weighted by Crippen LogP contribution is 2.21. The standard InChI is InChI=1S/C10H21N5/c1-2-12-10(13-11)15-7-6-14-5-3-4-9(14)8-15/h9H,2-8,11H2,1H3,(H,12,13). The Morgan fingerprint density at radius 3 is 3.07 bits per heavy atom. The summed E-state index contributed by atoms with van der Waals surface area (Å²) in [4.78, 5) is 9.22. The molecule has 0 spiro atoms. The highest BCUT2D eigenvalue weighted by molar-refractivity contribution is 5.79. The summed E-state index contributed by atoms with van der Waals surface area (Å²) in [6.07, 6.45) is 2.66. The van der Waals surface area contributed by atoms with Gasteiger partial charge in [-0.05, 0) is 26.3 Å². The summed E-state index contributed by atoms with van der Waals surface area (Å²) in [5.41, 5.74) is 2.71. The molecule has 0 aromatic heterocycles. The summed E-state index contributed by atoms with van der Waals surface area (Å²) in [7, 11) is 0. The molecular weight excluding hydrogens is 190 g/mol. The zero-order chi connectivity index (χ0) is 10.7. The van der Waals surface area contributed by atoms with Crippen molar-refractivity contribution in [2.75, 3.05) is 32.7 Å². The van der Waals surface area contributed by atoms with E-state index < -0.39 is 0 Å². The van der Waals surface area contributed by atoms with Gasteiger partial charge in [0.2, 0.25) is 5.96 Å². The second kappa shape index (κ2) is 4.81. The average Bonchev–Trinajstić information content (AvgIpc) is 2.72. The molecule has 0 saturated carbocycles. The number of nitrogens with one attached hydrogen (secondary N) is 1. The molecule has 0 bridgehead atoms. The predicted octanol–water partition coefficient (Wildman–Crippen LogP) is -0.394. The van der Waals surface area contributed by atoms with Gasteiger partial charge in [0.25, 0.3) is 0 Å². The molecule has 3 N–H and O–H groups in total. The molecule has 1 atom stereocenters. The second-order valence-corrected chi connectivity index (χ2v) is 4.22. The fourth-order valence-corrected chi connectivity index (χ4v) is 2.57. The molecule has 2 fully saturated rings. The van der Waals surface area contributed by atoms with Crippen LogP contribution in [0.3, 0.4) is 0 Å². The van der Waals surface area contributed by atoms with E-state index in [1.54, 1.807) is 0 Å². The second-order valence-electron chi connectivity index (χ2n) is 4.22. The van der Waals surface area contributed by atoms with Crippen LogP contribution in [0, 0.1) is 0 Å². The quantitative estimate of drug-likeness (QED) is 0.268. The number of aliphatic imine (C=N–C) groups is 1.